The van der Waals surface area contributed by atoms with Gasteiger partial charge in [0.1, 0.15) is 0 Å². The van der Waals surface area contributed by atoms with Gasteiger partial charge in [-0.05, 0) is 12.1 Å². The molecule has 0 bridgehead atoms. The monoisotopic (exact) mass is 239 g/mol. The Morgan fingerprint density at radius 2 is 1.69 bits per heavy atom. The Hall–Kier alpha value is -1.66. The normalized spacial score (nSPS) is 12.6. The zero-order valence-electron chi connectivity index (χ0n) is 7.68. The van der Waals surface area contributed by atoms with E-state index in [0.717, 1.165) is 12.1 Å². The molecule has 0 saturated heterocycles. The van der Waals surface area contributed by atoms with Crippen LogP contribution in [0.4, 0.5) is 22.0 Å². The zero-order valence-corrected chi connectivity index (χ0v) is 7.68. The maximum Gasteiger partial charge on any atom is 0.458 e. The van der Waals surface area contributed by atoms with Crippen LogP contribution in [-0.4, -0.2) is 12.1 Å². The average Bonchev–Trinajstić information content (AvgIpc) is 2.16. The SMILES string of the molecule is NC(=O)c1cccc(C(F)(F)C(F)(F)F)c1. The summed E-state index contributed by atoms with van der Waals surface area (Å²) in [5.41, 5.74) is 3.06. The van der Waals surface area contributed by atoms with E-state index in [1.165, 1.54) is 0 Å². The minimum Gasteiger partial charge on any atom is -0.366 e. The van der Waals surface area contributed by atoms with E-state index >= 15 is 0 Å². The van der Waals surface area contributed by atoms with E-state index in [-0.39, 0.29) is 0 Å². The quantitative estimate of drug-likeness (QED) is 0.791. The molecule has 1 amide bonds. The lowest BCUT2D eigenvalue weighted by Gasteiger charge is -2.20. The Bertz CT molecular complexity index is 413. The Morgan fingerprint density at radius 1 is 1.12 bits per heavy atom. The van der Waals surface area contributed by atoms with Gasteiger partial charge in [-0.2, -0.15) is 22.0 Å². The minimum atomic E-state index is -5.71. The summed E-state index contributed by atoms with van der Waals surface area (Å²) in [5.74, 6) is -6.07. The molecule has 88 valence electrons. The molecular formula is C9H6F5NO. The number of hydrogen-bond acceptors (Lipinski definition) is 1. The number of hydrogen-bond donors (Lipinski definition) is 1. The fourth-order valence-electron chi connectivity index (χ4n) is 1.03. The van der Waals surface area contributed by atoms with Crippen LogP contribution in [0.15, 0.2) is 24.3 Å². The van der Waals surface area contributed by atoms with Gasteiger partial charge in [-0.1, -0.05) is 12.1 Å². The second kappa shape index (κ2) is 3.73. The highest BCUT2D eigenvalue weighted by Crippen LogP contribution is 2.43. The number of nitrogens with two attached hydrogens (primary N) is 1. The van der Waals surface area contributed by atoms with Crippen molar-refractivity contribution in [1.82, 2.24) is 0 Å². The standard InChI is InChI=1S/C9H6F5NO/c10-8(11,9(12,13)14)6-3-1-2-5(4-6)7(15)16/h1-4H,(H2,15,16). The van der Waals surface area contributed by atoms with Gasteiger partial charge in [0, 0.05) is 11.1 Å². The summed E-state index contributed by atoms with van der Waals surface area (Å²) in [5, 5.41) is 0. The van der Waals surface area contributed by atoms with E-state index in [2.05, 4.69) is 0 Å². The molecule has 0 unspecified atom stereocenters. The predicted octanol–water partition coefficient (Wildman–Crippen LogP) is 2.44. The molecule has 0 aliphatic carbocycles. The Kier molecular flexibility index (Phi) is 2.89. The molecule has 1 aromatic rings. The topological polar surface area (TPSA) is 43.1 Å². The van der Waals surface area contributed by atoms with Crippen LogP contribution in [-0.2, 0) is 5.92 Å². The molecule has 0 radical (unpaired) electrons. The van der Waals surface area contributed by atoms with E-state index in [1.54, 1.807) is 0 Å². The molecule has 0 fully saturated rings. The highest BCUT2D eigenvalue weighted by atomic mass is 19.4. The first-order valence-corrected chi connectivity index (χ1v) is 4.01. The molecule has 0 aliphatic rings. The van der Waals surface area contributed by atoms with Crippen molar-refractivity contribution in [1.29, 1.82) is 0 Å². The molecule has 0 atom stereocenters. The fraction of sp³-hybridized carbons (Fsp3) is 0.222. The van der Waals surface area contributed by atoms with Crippen LogP contribution in [0.1, 0.15) is 15.9 Å². The summed E-state index contributed by atoms with van der Waals surface area (Å²) >= 11 is 0. The smallest absolute Gasteiger partial charge is 0.366 e. The first-order chi connectivity index (χ1) is 7.16. The number of carbonyl (C=O) groups is 1. The van der Waals surface area contributed by atoms with Gasteiger partial charge >= 0.3 is 12.1 Å². The number of primary amides is 1. The lowest BCUT2D eigenvalue weighted by molar-refractivity contribution is -0.289. The third-order valence-corrected chi connectivity index (χ3v) is 1.87. The van der Waals surface area contributed by atoms with Crippen LogP contribution in [0, 0.1) is 0 Å². The van der Waals surface area contributed by atoms with E-state index in [4.69, 9.17) is 5.73 Å². The van der Waals surface area contributed by atoms with E-state index in [1.807, 2.05) is 0 Å². The van der Waals surface area contributed by atoms with Crippen LogP contribution in [0.3, 0.4) is 0 Å². The van der Waals surface area contributed by atoms with Gasteiger partial charge in [0.2, 0.25) is 5.91 Å². The summed E-state index contributed by atoms with van der Waals surface area (Å²) in [6, 6.07) is 2.98. The summed E-state index contributed by atoms with van der Waals surface area (Å²) in [6.07, 6.45) is -5.71. The van der Waals surface area contributed by atoms with Crippen LogP contribution in [0.5, 0.6) is 0 Å². The number of rotatable bonds is 2. The molecule has 0 saturated carbocycles. The summed E-state index contributed by atoms with van der Waals surface area (Å²) in [4.78, 5) is 10.6. The Labute approximate surface area is 86.9 Å². The maximum atomic E-state index is 12.8. The molecular weight excluding hydrogens is 233 g/mol. The molecule has 1 rings (SSSR count). The second-order valence-corrected chi connectivity index (χ2v) is 3.02. The van der Waals surface area contributed by atoms with E-state index in [9.17, 15) is 26.7 Å². The molecule has 2 nitrogen and oxygen atoms in total. The van der Waals surface area contributed by atoms with Crippen LogP contribution >= 0.6 is 0 Å². The van der Waals surface area contributed by atoms with Crippen molar-refractivity contribution in [2.75, 3.05) is 0 Å². The van der Waals surface area contributed by atoms with Crippen molar-refractivity contribution in [2.24, 2.45) is 5.73 Å². The van der Waals surface area contributed by atoms with Gasteiger partial charge in [-0.15, -0.1) is 0 Å². The molecule has 0 aromatic heterocycles. The van der Waals surface area contributed by atoms with Crippen molar-refractivity contribution >= 4 is 5.91 Å². The van der Waals surface area contributed by atoms with Gasteiger partial charge in [-0.3, -0.25) is 4.79 Å². The number of amides is 1. The van der Waals surface area contributed by atoms with Gasteiger partial charge < -0.3 is 5.73 Å². The summed E-state index contributed by atoms with van der Waals surface area (Å²) in [7, 11) is 0. The van der Waals surface area contributed by atoms with E-state index in [0.29, 0.717) is 12.1 Å². The van der Waals surface area contributed by atoms with Crippen molar-refractivity contribution in [3.63, 3.8) is 0 Å². The number of alkyl halides is 5. The maximum absolute atomic E-state index is 12.8. The molecule has 16 heavy (non-hydrogen) atoms. The Balaban J connectivity index is 3.24. The average molecular weight is 239 g/mol. The molecule has 0 heterocycles. The second-order valence-electron chi connectivity index (χ2n) is 3.02. The summed E-state index contributed by atoms with van der Waals surface area (Å²) < 4.78 is 61.6. The van der Waals surface area contributed by atoms with Crippen LogP contribution in [0.2, 0.25) is 0 Å². The van der Waals surface area contributed by atoms with Gasteiger partial charge in [0.25, 0.3) is 0 Å². The largest absolute Gasteiger partial charge is 0.458 e. The van der Waals surface area contributed by atoms with Crippen molar-refractivity contribution < 1.29 is 26.7 Å². The molecule has 0 aliphatic heterocycles. The number of benzene rings is 1. The van der Waals surface area contributed by atoms with Gasteiger partial charge in [0.05, 0.1) is 0 Å². The minimum absolute atomic E-state index is 0.401. The summed E-state index contributed by atoms with van der Waals surface area (Å²) in [6.45, 7) is 0. The molecule has 7 heteroatoms. The zero-order chi connectivity index (χ0) is 12.6. The van der Waals surface area contributed by atoms with Crippen molar-refractivity contribution in [2.45, 2.75) is 12.1 Å². The first-order valence-electron chi connectivity index (χ1n) is 4.01. The lowest BCUT2D eigenvalue weighted by atomic mass is 10.0. The predicted molar refractivity (Wildman–Crippen MR) is 44.9 cm³/mol. The molecule has 2 N–H and O–H groups in total. The van der Waals surface area contributed by atoms with Crippen LogP contribution in [0.25, 0.3) is 0 Å². The lowest BCUT2D eigenvalue weighted by Crippen LogP contribution is -2.33. The van der Waals surface area contributed by atoms with Crippen molar-refractivity contribution in [3.8, 4) is 0 Å². The van der Waals surface area contributed by atoms with Crippen LogP contribution < -0.4 is 5.73 Å². The third kappa shape index (κ3) is 2.12. The van der Waals surface area contributed by atoms with Crippen molar-refractivity contribution in [3.05, 3.63) is 35.4 Å². The highest BCUT2D eigenvalue weighted by molar-refractivity contribution is 5.92. The fourth-order valence-corrected chi connectivity index (χ4v) is 1.03. The molecule has 1 aromatic carbocycles. The molecule has 0 spiro atoms. The van der Waals surface area contributed by atoms with Gasteiger partial charge in [-0.25, -0.2) is 0 Å². The Morgan fingerprint density at radius 3 is 2.12 bits per heavy atom. The van der Waals surface area contributed by atoms with E-state index < -0.39 is 29.1 Å². The number of carbonyl (C=O) groups excluding carboxylic acids is 1. The third-order valence-electron chi connectivity index (χ3n) is 1.87. The number of halogens is 5. The first kappa shape index (κ1) is 12.4. The highest BCUT2D eigenvalue weighted by Gasteiger charge is 2.58. The van der Waals surface area contributed by atoms with Gasteiger partial charge in [0.15, 0.2) is 0 Å².